The molecule has 0 fully saturated rings. The number of hydrogen-bond donors (Lipinski definition) is 0. The first-order valence-corrected chi connectivity index (χ1v) is 4.28. The summed E-state index contributed by atoms with van der Waals surface area (Å²) in [5.41, 5.74) is 3.94. The van der Waals surface area contributed by atoms with Gasteiger partial charge in [0.2, 0.25) is 0 Å². The fraction of sp³-hybridized carbons (Fsp3) is 0.300. The van der Waals surface area contributed by atoms with Crippen LogP contribution in [0.15, 0.2) is 18.4 Å². The van der Waals surface area contributed by atoms with Crippen LogP contribution in [0, 0.1) is 0 Å². The minimum Gasteiger partial charge on any atom is -0.265 e. The predicted octanol–water partition coefficient (Wildman–Crippen LogP) is 1.52. The Morgan fingerprint density at radius 2 is 2.17 bits per heavy atom. The molecule has 1 aliphatic rings. The number of pyridine rings is 1. The quantitative estimate of drug-likeness (QED) is 0.561. The highest BCUT2D eigenvalue weighted by Gasteiger charge is 2.12. The molecule has 1 aliphatic heterocycles. The van der Waals surface area contributed by atoms with E-state index in [1.165, 1.54) is 16.6 Å². The number of aromatic nitrogens is 1. The summed E-state index contributed by atoms with van der Waals surface area (Å²) in [5.74, 6) is 2.64. The minimum absolute atomic E-state index is 0.559. The van der Waals surface area contributed by atoms with Gasteiger partial charge in [0, 0.05) is 12.4 Å². The molecule has 0 aromatic carbocycles. The van der Waals surface area contributed by atoms with E-state index in [4.69, 9.17) is 0 Å². The van der Waals surface area contributed by atoms with Crippen LogP contribution in [0.4, 0.5) is 0 Å². The summed E-state index contributed by atoms with van der Waals surface area (Å²) in [6.07, 6.45) is 6.04. The van der Waals surface area contributed by atoms with Gasteiger partial charge in [0.1, 0.15) is 0 Å². The van der Waals surface area contributed by atoms with Gasteiger partial charge < -0.3 is 0 Å². The van der Waals surface area contributed by atoms with E-state index in [1.807, 2.05) is 12.4 Å². The maximum absolute atomic E-state index is 4.21. The van der Waals surface area contributed by atoms with Crippen molar-refractivity contribution in [2.75, 3.05) is 0 Å². The normalized spacial score (nSPS) is 13.2. The Bertz CT molecular complexity index is 329. The predicted molar refractivity (Wildman–Crippen MR) is 52.7 cm³/mol. The highest BCUT2D eigenvalue weighted by molar-refractivity contribution is 6.62. The van der Waals surface area contributed by atoms with Crippen molar-refractivity contribution < 1.29 is 0 Å². The lowest BCUT2D eigenvalue weighted by Gasteiger charge is -2.09. The van der Waals surface area contributed by atoms with Crippen molar-refractivity contribution >= 4 is 18.8 Å². The van der Waals surface area contributed by atoms with Gasteiger partial charge in [0.15, 0.2) is 7.28 Å². The van der Waals surface area contributed by atoms with Crippen LogP contribution in [-0.2, 0) is 0 Å². The first kappa shape index (κ1) is 7.60. The standard InChI is InChI=1S/C10H11BN/c1-7(2)9-5-12-6-10-8(9)3-4-11-10/h3-7H,1-2H3. The van der Waals surface area contributed by atoms with Crippen molar-refractivity contribution in [3.05, 3.63) is 29.5 Å². The Hall–Kier alpha value is -1.05. The van der Waals surface area contributed by atoms with Crippen molar-refractivity contribution in [3.63, 3.8) is 0 Å². The molecule has 0 N–H and O–H groups in total. The van der Waals surface area contributed by atoms with Crippen molar-refractivity contribution in [1.82, 2.24) is 4.98 Å². The van der Waals surface area contributed by atoms with E-state index in [0.29, 0.717) is 5.92 Å². The second-order valence-corrected chi connectivity index (χ2v) is 3.41. The monoisotopic (exact) mass is 156 g/mol. The van der Waals surface area contributed by atoms with Crippen molar-refractivity contribution in [1.29, 1.82) is 0 Å². The van der Waals surface area contributed by atoms with E-state index in [-0.39, 0.29) is 0 Å². The van der Waals surface area contributed by atoms with Gasteiger partial charge in [0.05, 0.1) is 0 Å². The molecule has 1 aromatic rings. The van der Waals surface area contributed by atoms with Crippen LogP contribution in [0.2, 0.25) is 0 Å². The number of rotatable bonds is 1. The van der Waals surface area contributed by atoms with Crippen LogP contribution in [-0.4, -0.2) is 12.3 Å². The lowest BCUT2D eigenvalue weighted by atomic mass is 9.73. The summed E-state index contributed by atoms with van der Waals surface area (Å²) < 4.78 is 0. The van der Waals surface area contributed by atoms with Crippen LogP contribution in [0.1, 0.15) is 30.9 Å². The molecule has 0 amide bonds. The molecule has 0 aliphatic carbocycles. The summed E-state index contributed by atoms with van der Waals surface area (Å²) in [6.45, 7) is 4.40. The van der Waals surface area contributed by atoms with Crippen molar-refractivity contribution in [2.45, 2.75) is 19.8 Å². The smallest absolute Gasteiger partial charge is 0.184 e. The fourth-order valence-corrected chi connectivity index (χ4v) is 1.54. The molecule has 0 unspecified atom stereocenters. The molecule has 1 nitrogen and oxygen atoms in total. The van der Waals surface area contributed by atoms with Gasteiger partial charge in [-0.3, -0.25) is 4.98 Å². The Balaban J connectivity index is 2.56. The van der Waals surface area contributed by atoms with E-state index in [0.717, 1.165) is 0 Å². The minimum atomic E-state index is 0.559. The van der Waals surface area contributed by atoms with E-state index < -0.39 is 0 Å². The van der Waals surface area contributed by atoms with Crippen LogP contribution in [0.25, 0.3) is 6.08 Å². The van der Waals surface area contributed by atoms with Gasteiger partial charge in [-0.05, 0) is 17.0 Å². The Kier molecular flexibility index (Phi) is 1.76. The molecule has 0 atom stereocenters. The molecule has 2 rings (SSSR count). The first-order chi connectivity index (χ1) is 5.79. The average molecular weight is 156 g/mol. The van der Waals surface area contributed by atoms with Gasteiger partial charge in [-0.15, -0.1) is 5.98 Å². The topological polar surface area (TPSA) is 12.9 Å². The van der Waals surface area contributed by atoms with Gasteiger partial charge in [-0.1, -0.05) is 25.4 Å². The second kappa shape index (κ2) is 2.78. The summed E-state index contributed by atoms with van der Waals surface area (Å²) in [4.78, 5) is 4.21. The Morgan fingerprint density at radius 3 is 2.92 bits per heavy atom. The molecule has 1 radical (unpaired) electrons. The zero-order valence-corrected chi connectivity index (χ0v) is 7.41. The maximum Gasteiger partial charge on any atom is 0.184 e. The van der Waals surface area contributed by atoms with E-state index in [9.17, 15) is 0 Å². The van der Waals surface area contributed by atoms with Gasteiger partial charge in [-0.2, -0.15) is 0 Å². The zero-order chi connectivity index (χ0) is 8.55. The average Bonchev–Trinajstić information content (AvgIpc) is 2.49. The molecule has 2 heteroatoms. The Labute approximate surface area is 73.8 Å². The third kappa shape index (κ3) is 1.08. The molecule has 0 saturated heterocycles. The van der Waals surface area contributed by atoms with Crippen LogP contribution in [0.3, 0.4) is 0 Å². The molecule has 12 heavy (non-hydrogen) atoms. The van der Waals surface area contributed by atoms with Crippen LogP contribution < -0.4 is 5.46 Å². The van der Waals surface area contributed by atoms with Crippen molar-refractivity contribution in [2.24, 2.45) is 0 Å². The lowest BCUT2D eigenvalue weighted by Crippen LogP contribution is -2.14. The summed E-state index contributed by atoms with van der Waals surface area (Å²) in [5, 5.41) is 0. The highest BCUT2D eigenvalue weighted by atomic mass is 14.6. The van der Waals surface area contributed by atoms with E-state index in [1.54, 1.807) is 0 Å². The summed E-state index contributed by atoms with van der Waals surface area (Å²) in [6, 6.07) is 0. The molecule has 0 bridgehead atoms. The van der Waals surface area contributed by atoms with Gasteiger partial charge in [-0.25, -0.2) is 0 Å². The molecule has 0 spiro atoms. The maximum atomic E-state index is 4.21. The summed E-state index contributed by atoms with van der Waals surface area (Å²) >= 11 is 0. The van der Waals surface area contributed by atoms with Gasteiger partial charge in [0.25, 0.3) is 0 Å². The van der Waals surface area contributed by atoms with Crippen LogP contribution >= 0.6 is 0 Å². The van der Waals surface area contributed by atoms with Gasteiger partial charge >= 0.3 is 0 Å². The number of nitrogens with zero attached hydrogens (tertiary/aromatic N) is 1. The molecular weight excluding hydrogens is 145 g/mol. The third-order valence-corrected chi connectivity index (χ3v) is 2.21. The molecule has 1 aromatic heterocycles. The van der Waals surface area contributed by atoms with Crippen LogP contribution in [0.5, 0.6) is 0 Å². The largest absolute Gasteiger partial charge is 0.265 e. The zero-order valence-electron chi connectivity index (χ0n) is 7.41. The fourth-order valence-electron chi connectivity index (χ4n) is 1.54. The SMILES string of the molecule is CC(C)c1cncc2c1C=C[B]2. The lowest BCUT2D eigenvalue weighted by molar-refractivity contribution is 0.857. The molecule has 59 valence electrons. The summed E-state index contributed by atoms with van der Waals surface area (Å²) in [7, 11) is 2.11. The molecule has 2 heterocycles. The Morgan fingerprint density at radius 1 is 1.33 bits per heavy atom. The van der Waals surface area contributed by atoms with E-state index in [2.05, 4.69) is 38.2 Å². The molecule has 0 saturated carbocycles. The third-order valence-electron chi connectivity index (χ3n) is 2.21. The number of fused-ring (bicyclic) bond motifs is 1. The number of hydrogen-bond acceptors (Lipinski definition) is 1. The molecular formula is C10H11BN. The second-order valence-electron chi connectivity index (χ2n) is 3.41. The van der Waals surface area contributed by atoms with Crippen molar-refractivity contribution in [3.8, 4) is 0 Å². The van der Waals surface area contributed by atoms with E-state index >= 15 is 0 Å². The first-order valence-electron chi connectivity index (χ1n) is 4.28. The highest BCUT2D eigenvalue weighted by Crippen LogP contribution is 2.19.